The standard InChI is InChI=1S/C11H18O3/c1-5-13-9-6-10(12)14-11(4,7-9)8(2)3/h6,8H,5,7H2,1-4H3. The largest absolute Gasteiger partial charge is 0.498 e. The molecule has 0 saturated carbocycles. The number of cyclic esters (lactones) is 1. The summed E-state index contributed by atoms with van der Waals surface area (Å²) in [6, 6.07) is 0. The van der Waals surface area contributed by atoms with Gasteiger partial charge in [0.2, 0.25) is 0 Å². The lowest BCUT2D eigenvalue weighted by atomic mass is 9.86. The van der Waals surface area contributed by atoms with Gasteiger partial charge in [0.05, 0.1) is 12.7 Å². The zero-order valence-electron chi connectivity index (χ0n) is 9.29. The third-order valence-electron chi connectivity index (χ3n) is 2.69. The van der Waals surface area contributed by atoms with E-state index in [4.69, 9.17) is 9.47 Å². The SMILES string of the molecule is CCOC1=CC(=O)OC(C)(C(C)C)C1. The Kier molecular flexibility index (Phi) is 3.19. The molecule has 0 aromatic heterocycles. The Bertz CT molecular complexity index is 255. The number of hydrogen-bond acceptors (Lipinski definition) is 3. The first-order valence-electron chi connectivity index (χ1n) is 5.04. The fourth-order valence-electron chi connectivity index (χ4n) is 1.42. The highest BCUT2D eigenvalue weighted by molar-refractivity contribution is 5.83. The fraction of sp³-hybridized carbons (Fsp3) is 0.727. The number of rotatable bonds is 3. The second-order valence-corrected chi connectivity index (χ2v) is 4.11. The van der Waals surface area contributed by atoms with Crippen molar-refractivity contribution in [1.29, 1.82) is 0 Å². The summed E-state index contributed by atoms with van der Waals surface area (Å²) in [4.78, 5) is 11.3. The topological polar surface area (TPSA) is 35.5 Å². The van der Waals surface area contributed by atoms with Gasteiger partial charge in [0, 0.05) is 6.42 Å². The van der Waals surface area contributed by atoms with Gasteiger partial charge in [-0.2, -0.15) is 0 Å². The summed E-state index contributed by atoms with van der Waals surface area (Å²) < 4.78 is 10.7. The molecule has 0 N–H and O–H groups in total. The number of esters is 1. The Morgan fingerprint density at radius 1 is 1.64 bits per heavy atom. The molecule has 1 atom stereocenters. The molecule has 1 aliphatic heterocycles. The lowest BCUT2D eigenvalue weighted by molar-refractivity contribution is -0.160. The molecule has 0 fully saturated rings. The molecule has 1 rings (SSSR count). The minimum atomic E-state index is -0.420. The molecule has 3 heteroatoms. The number of carbonyl (C=O) groups excluding carboxylic acids is 1. The van der Waals surface area contributed by atoms with Crippen LogP contribution in [0.3, 0.4) is 0 Å². The summed E-state index contributed by atoms with van der Waals surface area (Å²) in [6.45, 7) is 8.53. The Balaban J connectivity index is 2.80. The predicted octanol–water partition coefficient (Wildman–Crippen LogP) is 2.27. The van der Waals surface area contributed by atoms with E-state index >= 15 is 0 Å². The molecule has 0 aromatic carbocycles. The monoisotopic (exact) mass is 198 g/mol. The van der Waals surface area contributed by atoms with Crippen LogP contribution in [0.5, 0.6) is 0 Å². The van der Waals surface area contributed by atoms with Crippen LogP contribution in [0, 0.1) is 5.92 Å². The van der Waals surface area contributed by atoms with Crippen molar-refractivity contribution in [3.05, 3.63) is 11.8 Å². The predicted molar refractivity (Wildman–Crippen MR) is 53.7 cm³/mol. The van der Waals surface area contributed by atoms with Crippen molar-refractivity contribution in [1.82, 2.24) is 0 Å². The van der Waals surface area contributed by atoms with Crippen molar-refractivity contribution in [2.24, 2.45) is 5.92 Å². The Hall–Kier alpha value is -0.990. The molecular formula is C11H18O3. The second-order valence-electron chi connectivity index (χ2n) is 4.11. The van der Waals surface area contributed by atoms with Crippen LogP contribution in [0.2, 0.25) is 0 Å². The van der Waals surface area contributed by atoms with Gasteiger partial charge in [-0.05, 0) is 19.8 Å². The number of hydrogen-bond donors (Lipinski definition) is 0. The van der Waals surface area contributed by atoms with Crippen molar-refractivity contribution in [3.63, 3.8) is 0 Å². The van der Waals surface area contributed by atoms with Gasteiger partial charge in [0.1, 0.15) is 11.4 Å². The normalized spacial score (nSPS) is 27.2. The molecule has 0 amide bonds. The van der Waals surface area contributed by atoms with E-state index in [1.807, 2.05) is 27.7 Å². The molecule has 1 aliphatic rings. The zero-order chi connectivity index (χ0) is 10.8. The van der Waals surface area contributed by atoms with Crippen molar-refractivity contribution < 1.29 is 14.3 Å². The lowest BCUT2D eigenvalue weighted by Gasteiger charge is -2.36. The summed E-state index contributed by atoms with van der Waals surface area (Å²) in [6.07, 6.45) is 2.11. The molecule has 1 heterocycles. The maximum Gasteiger partial charge on any atom is 0.334 e. The van der Waals surface area contributed by atoms with Crippen LogP contribution >= 0.6 is 0 Å². The van der Waals surface area contributed by atoms with Gasteiger partial charge in [-0.3, -0.25) is 0 Å². The van der Waals surface area contributed by atoms with E-state index in [0.717, 1.165) is 5.76 Å². The minimum Gasteiger partial charge on any atom is -0.498 e. The van der Waals surface area contributed by atoms with Crippen molar-refractivity contribution >= 4 is 5.97 Å². The summed E-state index contributed by atoms with van der Waals surface area (Å²) in [5.41, 5.74) is -0.420. The molecule has 0 saturated heterocycles. The first-order chi connectivity index (χ1) is 6.48. The molecule has 1 unspecified atom stereocenters. The van der Waals surface area contributed by atoms with E-state index in [2.05, 4.69) is 0 Å². The van der Waals surface area contributed by atoms with Gasteiger partial charge in [-0.15, -0.1) is 0 Å². The smallest absolute Gasteiger partial charge is 0.334 e. The highest BCUT2D eigenvalue weighted by Crippen LogP contribution is 2.32. The van der Waals surface area contributed by atoms with Gasteiger partial charge >= 0.3 is 5.97 Å². The van der Waals surface area contributed by atoms with Crippen molar-refractivity contribution in [3.8, 4) is 0 Å². The number of carbonyl (C=O) groups is 1. The molecule has 0 bridgehead atoms. The van der Waals surface area contributed by atoms with Gasteiger partial charge in [-0.1, -0.05) is 13.8 Å². The van der Waals surface area contributed by atoms with Crippen LogP contribution in [0.4, 0.5) is 0 Å². The van der Waals surface area contributed by atoms with Crippen LogP contribution in [-0.2, 0) is 14.3 Å². The third-order valence-corrected chi connectivity index (χ3v) is 2.69. The second kappa shape index (κ2) is 4.03. The highest BCUT2D eigenvalue weighted by Gasteiger charge is 2.37. The minimum absolute atomic E-state index is 0.288. The van der Waals surface area contributed by atoms with Gasteiger partial charge in [-0.25, -0.2) is 4.79 Å². The van der Waals surface area contributed by atoms with Crippen LogP contribution in [0.25, 0.3) is 0 Å². The average molecular weight is 198 g/mol. The van der Waals surface area contributed by atoms with Crippen LogP contribution in [0.1, 0.15) is 34.1 Å². The molecular weight excluding hydrogens is 180 g/mol. The quantitative estimate of drug-likeness (QED) is 0.652. The van der Waals surface area contributed by atoms with Gasteiger partial charge in [0.15, 0.2) is 0 Å². The van der Waals surface area contributed by atoms with E-state index in [0.29, 0.717) is 13.0 Å². The average Bonchev–Trinajstić information content (AvgIpc) is 2.02. The maximum atomic E-state index is 11.3. The Morgan fingerprint density at radius 2 is 2.29 bits per heavy atom. The third kappa shape index (κ3) is 2.28. The first kappa shape index (κ1) is 11.1. The molecule has 0 aromatic rings. The molecule has 0 aliphatic carbocycles. The first-order valence-corrected chi connectivity index (χ1v) is 5.04. The van der Waals surface area contributed by atoms with Crippen LogP contribution in [0.15, 0.2) is 11.8 Å². The van der Waals surface area contributed by atoms with E-state index in [-0.39, 0.29) is 11.9 Å². The van der Waals surface area contributed by atoms with E-state index < -0.39 is 5.60 Å². The van der Waals surface area contributed by atoms with Crippen molar-refractivity contribution in [2.45, 2.75) is 39.7 Å². The summed E-state index contributed by atoms with van der Waals surface area (Å²) in [5, 5.41) is 0. The Morgan fingerprint density at radius 3 is 2.79 bits per heavy atom. The van der Waals surface area contributed by atoms with Gasteiger partial charge in [0.25, 0.3) is 0 Å². The maximum absolute atomic E-state index is 11.3. The summed E-state index contributed by atoms with van der Waals surface area (Å²) >= 11 is 0. The fourth-order valence-corrected chi connectivity index (χ4v) is 1.42. The highest BCUT2D eigenvalue weighted by atomic mass is 16.6. The van der Waals surface area contributed by atoms with Crippen molar-refractivity contribution in [2.75, 3.05) is 6.61 Å². The Labute approximate surface area is 85.1 Å². The van der Waals surface area contributed by atoms with E-state index in [9.17, 15) is 4.79 Å². The molecule has 3 nitrogen and oxygen atoms in total. The lowest BCUT2D eigenvalue weighted by Crippen LogP contribution is -2.40. The molecule has 0 spiro atoms. The van der Waals surface area contributed by atoms with Gasteiger partial charge < -0.3 is 9.47 Å². The molecule has 80 valence electrons. The van der Waals surface area contributed by atoms with Crippen LogP contribution in [-0.4, -0.2) is 18.2 Å². The molecule has 0 radical (unpaired) electrons. The number of ether oxygens (including phenoxy) is 2. The molecule has 14 heavy (non-hydrogen) atoms. The summed E-state index contributed by atoms with van der Waals surface area (Å²) in [5.74, 6) is 0.728. The summed E-state index contributed by atoms with van der Waals surface area (Å²) in [7, 11) is 0. The van der Waals surface area contributed by atoms with E-state index in [1.54, 1.807) is 0 Å². The van der Waals surface area contributed by atoms with E-state index in [1.165, 1.54) is 6.08 Å². The van der Waals surface area contributed by atoms with Crippen LogP contribution < -0.4 is 0 Å². The zero-order valence-corrected chi connectivity index (χ0v) is 9.29.